The second-order valence-electron chi connectivity index (χ2n) is 4.67. The van der Waals surface area contributed by atoms with Crippen LogP contribution >= 0.6 is 27.5 Å². The van der Waals surface area contributed by atoms with E-state index in [4.69, 9.17) is 16.3 Å². The molecule has 0 aliphatic heterocycles. The van der Waals surface area contributed by atoms with E-state index in [0.29, 0.717) is 16.6 Å². The highest BCUT2D eigenvalue weighted by Crippen LogP contribution is 2.27. The summed E-state index contributed by atoms with van der Waals surface area (Å²) in [6.07, 6.45) is 1.64. The van der Waals surface area contributed by atoms with Gasteiger partial charge in [-0.15, -0.1) is 0 Å². The van der Waals surface area contributed by atoms with Gasteiger partial charge in [0.25, 0.3) is 5.91 Å². The molecule has 2 rings (SSSR count). The standard InChI is InChI=1S/C14H15BrClN3O2/c1-9(2)19-13(5-6-17-19)18-14(20)8-21-12-4-3-10(15)7-11(12)16/h3-7,9H,8H2,1-2H3,(H,18,20). The van der Waals surface area contributed by atoms with E-state index in [1.165, 1.54) is 0 Å². The van der Waals surface area contributed by atoms with Crippen molar-refractivity contribution in [1.82, 2.24) is 9.78 Å². The van der Waals surface area contributed by atoms with Gasteiger partial charge in [0.05, 0.1) is 11.2 Å². The van der Waals surface area contributed by atoms with Crippen LogP contribution in [0.3, 0.4) is 0 Å². The Kier molecular flexibility index (Phi) is 5.25. The van der Waals surface area contributed by atoms with Crippen molar-refractivity contribution in [3.8, 4) is 5.75 Å². The summed E-state index contributed by atoms with van der Waals surface area (Å²) in [6.45, 7) is 3.85. The summed E-state index contributed by atoms with van der Waals surface area (Å²) in [7, 11) is 0. The number of halogens is 2. The molecule has 0 aliphatic rings. The van der Waals surface area contributed by atoms with Gasteiger partial charge in [-0.05, 0) is 32.0 Å². The molecule has 21 heavy (non-hydrogen) atoms. The molecule has 1 heterocycles. The number of amides is 1. The molecule has 0 radical (unpaired) electrons. The van der Waals surface area contributed by atoms with Gasteiger partial charge in [0.2, 0.25) is 0 Å². The molecule has 5 nitrogen and oxygen atoms in total. The lowest BCUT2D eigenvalue weighted by atomic mass is 10.3. The van der Waals surface area contributed by atoms with Crippen LogP contribution < -0.4 is 10.1 Å². The van der Waals surface area contributed by atoms with Crippen molar-refractivity contribution in [2.45, 2.75) is 19.9 Å². The number of ether oxygens (including phenoxy) is 1. The van der Waals surface area contributed by atoms with Crippen LogP contribution in [0.5, 0.6) is 5.75 Å². The predicted octanol–water partition coefficient (Wildman–Crippen LogP) is 3.90. The SMILES string of the molecule is CC(C)n1nccc1NC(=O)COc1ccc(Br)cc1Cl. The van der Waals surface area contributed by atoms with Crippen molar-refractivity contribution in [2.75, 3.05) is 11.9 Å². The average molecular weight is 373 g/mol. The second kappa shape index (κ2) is 6.95. The number of carbonyl (C=O) groups is 1. The Morgan fingerprint density at radius 2 is 2.24 bits per heavy atom. The molecular formula is C14H15BrClN3O2. The number of anilines is 1. The molecule has 0 fully saturated rings. The van der Waals surface area contributed by atoms with Crippen molar-refractivity contribution in [3.63, 3.8) is 0 Å². The summed E-state index contributed by atoms with van der Waals surface area (Å²) in [5, 5.41) is 7.35. The van der Waals surface area contributed by atoms with E-state index in [0.717, 1.165) is 4.47 Å². The van der Waals surface area contributed by atoms with Gasteiger partial charge in [0, 0.05) is 16.6 Å². The van der Waals surface area contributed by atoms with Crippen LogP contribution in [0.1, 0.15) is 19.9 Å². The number of nitrogens with one attached hydrogen (secondary N) is 1. The molecule has 2 aromatic rings. The largest absolute Gasteiger partial charge is 0.482 e. The van der Waals surface area contributed by atoms with Crippen LogP contribution in [0.2, 0.25) is 5.02 Å². The molecule has 0 saturated heterocycles. The molecule has 0 bridgehead atoms. The van der Waals surface area contributed by atoms with E-state index >= 15 is 0 Å². The topological polar surface area (TPSA) is 56.2 Å². The Bertz CT molecular complexity index is 643. The normalized spacial score (nSPS) is 10.7. The Hall–Kier alpha value is -1.53. The summed E-state index contributed by atoms with van der Waals surface area (Å²) in [4.78, 5) is 11.9. The molecule has 0 atom stereocenters. The maximum absolute atomic E-state index is 11.9. The Labute approximate surface area is 136 Å². The third-order valence-corrected chi connectivity index (χ3v) is 3.47. The van der Waals surface area contributed by atoms with Crippen molar-refractivity contribution in [2.24, 2.45) is 0 Å². The fourth-order valence-corrected chi connectivity index (χ4v) is 2.47. The molecule has 0 unspecified atom stereocenters. The molecule has 0 aliphatic carbocycles. The van der Waals surface area contributed by atoms with Crippen LogP contribution in [0, 0.1) is 0 Å². The van der Waals surface area contributed by atoms with Gasteiger partial charge < -0.3 is 10.1 Å². The average Bonchev–Trinajstić information content (AvgIpc) is 2.86. The van der Waals surface area contributed by atoms with Crippen LogP contribution in [-0.2, 0) is 4.79 Å². The molecule has 0 saturated carbocycles. The number of hydrogen-bond acceptors (Lipinski definition) is 3. The van der Waals surface area contributed by atoms with Gasteiger partial charge in [-0.25, -0.2) is 4.68 Å². The zero-order chi connectivity index (χ0) is 15.4. The first-order chi connectivity index (χ1) is 9.97. The quantitative estimate of drug-likeness (QED) is 0.866. The van der Waals surface area contributed by atoms with Crippen molar-refractivity contribution >= 4 is 39.3 Å². The molecule has 7 heteroatoms. The monoisotopic (exact) mass is 371 g/mol. The predicted molar refractivity (Wildman–Crippen MR) is 85.9 cm³/mol. The van der Waals surface area contributed by atoms with E-state index in [-0.39, 0.29) is 18.6 Å². The fraction of sp³-hybridized carbons (Fsp3) is 0.286. The fourth-order valence-electron chi connectivity index (χ4n) is 1.74. The van der Waals surface area contributed by atoms with Crippen LogP contribution in [-0.4, -0.2) is 22.3 Å². The van der Waals surface area contributed by atoms with E-state index in [1.807, 2.05) is 13.8 Å². The minimum Gasteiger partial charge on any atom is -0.482 e. The number of hydrogen-bond donors (Lipinski definition) is 1. The van der Waals surface area contributed by atoms with E-state index in [9.17, 15) is 4.79 Å². The maximum atomic E-state index is 11.9. The Morgan fingerprint density at radius 1 is 1.48 bits per heavy atom. The summed E-state index contributed by atoms with van der Waals surface area (Å²) in [6, 6.07) is 7.12. The number of aromatic nitrogens is 2. The number of rotatable bonds is 5. The molecule has 1 amide bonds. The number of carbonyl (C=O) groups excluding carboxylic acids is 1. The van der Waals surface area contributed by atoms with Crippen molar-refractivity contribution in [3.05, 3.63) is 40.0 Å². The van der Waals surface area contributed by atoms with Gasteiger partial charge >= 0.3 is 0 Å². The van der Waals surface area contributed by atoms with Gasteiger partial charge in [-0.2, -0.15) is 5.10 Å². The third kappa shape index (κ3) is 4.22. The summed E-state index contributed by atoms with van der Waals surface area (Å²) in [5.41, 5.74) is 0. The zero-order valence-electron chi connectivity index (χ0n) is 11.6. The summed E-state index contributed by atoms with van der Waals surface area (Å²) >= 11 is 9.33. The Balaban J connectivity index is 1.94. The third-order valence-electron chi connectivity index (χ3n) is 2.68. The molecule has 1 aromatic carbocycles. The van der Waals surface area contributed by atoms with Crippen molar-refractivity contribution < 1.29 is 9.53 Å². The molecule has 112 valence electrons. The molecular weight excluding hydrogens is 358 g/mol. The lowest BCUT2D eigenvalue weighted by molar-refractivity contribution is -0.118. The smallest absolute Gasteiger partial charge is 0.263 e. The minimum atomic E-state index is -0.267. The van der Waals surface area contributed by atoms with Gasteiger partial charge in [-0.1, -0.05) is 27.5 Å². The zero-order valence-corrected chi connectivity index (χ0v) is 14.0. The highest BCUT2D eigenvalue weighted by atomic mass is 79.9. The molecule has 1 aromatic heterocycles. The highest BCUT2D eigenvalue weighted by Gasteiger charge is 2.11. The van der Waals surface area contributed by atoms with Gasteiger partial charge in [0.1, 0.15) is 11.6 Å². The summed E-state index contributed by atoms with van der Waals surface area (Å²) < 4.78 is 7.99. The lowest BCUT2D eigenvalue weighted by Gasteiger charge is -2.12. The van der Waals surface area contributed by atoms with Crippen LogP contribution in [0.4, 0.5) is 5.82 Å². The Morgan fingerprint density at radius 3 is 2.90 bits per heavy atom. The van der Waals surface area contributed by atoms with Gasteiger partial charge in [-0.3, -0.25) is 4.79 Å². The first kappa shape index (κ1) is 15.9. The maximum Gasteiger partial charge on any atom is 0.263 e. The first-order valence-electron chi connectivity index (χ1n) is 6.38. The molecule has 1 N–H and O–H groups in total. The van der Waals surface area contributed by atoms with E-state index < -0.39 is 0 Å². The van der Waals surface area contributed by atoms with Crippen LogP contribution in [0.25, 0.3) is 0 Å². The van der Waals surface area contributed by atoms with Crippen molar-refractivity contribution in [1.29, 1.82) is 0 Å². The minimum absolute atomic E-state index is 0.120. The second-order valence-corrected chi connectivity index (χ2v) is 5.99. The number of nitrogens with zero attached hydrogens (tertiary/aromatic N) is 2. The lowest BCUT2D eigenvalue weighted by Crippen LogP contribution is -2.22. The van der Waals surface area contributed by atoms with Gasteiger partial charge in [0.15, 0.2) is 6.61 Å². The summed E-state index contributed by atoms with van der Waals surface area (Å²) in [5.74, 6) is 0.837. The van der Waals surface area contributed by atoms with Crippen LogP contribution in [0.15, 0.2) is 34.9 Å². The van der Waals surface area contributed by atoms with E-state index in [2.05, 4.69) is 26.3 Å². The molecule has 0 spiro atoms. The number of benzene rings is 1. The van der Waals surface area contributed by atoms with E-state index in [1.54, 1.807) is 35.1 Å². The highest BCUT2D eigenvalue weighted by molar-refractivity contribution is 9.10. The first-order valence-corrected chi connectivity index (χ1v) is 7.55.